The minimum Gasteiger partial charge on any atom is -0.496 e. The number of furan rings is 1. The van der Waals surface area contributed by atoms with Crippen LogP contribution in [0.15, 0.2) is 46.4 Å². The summed E-state index contributed by atoms with van der Waals surface area (Å²) < 4.78 is 10.7. The van der Waals surface area contributed by atoms with E-state index in [9.17, 15) is 4.79 Å². The van der Waals surface area contributed by atoms with Crippen LogP contribution in [0.1, 0.15) is 21.7 Å². The molecule has 2 aromatic heterocycles. The van der Waals surface area contributed by atoms with Gasteiger partial charge in [0.15, 0.2) is 0 Å². The molecule has 2 heterocycles. The van der Waals surface area contributed by atoms with Gasteiger partial charge in [-0.25, -0.2) is 0 Å². The van der Waals surface area contributed by atoms with E-state index in [1.165, 1.54) is 4.88 Å². The van der Waals surface area contributed by atoms with Crippen LogP contribution in [0.3, 0.4) is 0 Å². The van der Waals surface area contributed by atoms with E-state index in [2.05, 4.69) is 16.8 Å². The number of carbonyl (C=O) groups is 1. The van der Waals surface area contributed by atoms with Crippen LogP contribution in [0.25, 0.3) is 11.0 Å². The van der Waals surface area contributed by atoms with Crippen LogP contribution in [-0.4, -0.2) is 19.6 Å². The van der Waals surface area contributed by atoms with E-state index in [-0.39, 0.29) is 5.91 Å². The highest BCUT2D eigenvalue weighted by Crippen LogP contribution is 2.28. The summed E-state index contributed by atoms with van der Waals surface area (Å²) in [5, 5.41) is 5.88. The number of hydrogen-bond acceptors (Lipinski definition) is 4. The van der Waals surface area contributed by atoms with E-state index < -0.39 is 0 Å². The van der Waals surface area contributed by atoms with E-state index >= 15 is 0 Å². The van der Waals surface area contributed by atoms with Gasteiger partial charge < -0.3 is 14.5 Å². The van der Waals surface area contributed by atoms with Gasteiger partial charge in [0, 0.05) is 17.0 Å². The molecule has 22 heavy (non-hydrogen) atoms. The first-order chi connectivity index (χ1) is 10.8. The van der Waals surface area contributed by atoms with Crippen LogP contribution in [-0.2, 0) is 6.42 Å². The molecular formula is C17H17NO3S. The fourth-order valence-electron chi connectivity index (χ4n) is 2.36. The van der Waals surface area contributed by atoms with Gasteiger partial charge in [-0.3, -0.25) is 4.79 Å². The Bertz CT molecular complexity index is 761. The van der Waals surface area contributed by atoms with Gasteiger partial charge in [-0.05, 0) is 42.5 Å². The highest BCUT2D eigenvalue weighted by Gasteiger charge is 2.12. The number of amides is 1. The third-order valence-electron chi connectivity index (χ3n) is 3.48. The van der Waals surface area contributed by atoms with Crippen LogP contribution < -0.4 is 10.1 Å². The molecule has 114 valence electrons. The average molecular weight is 315 g/mol. The zero-order valence-corrected chi connectivity index (χ0v) is 13.1. The Morgan fingerprint density at radius 1 is 1.36 bits per heavy atom. The Morgan fingerprint density at radius 3 is 3.05 bits per heavy atom. The zero-order valence-electron chi connectivity index (χ0n) is 12.3. The summed E-state index contributed by atoms with van der Waals surface area (Å²) in [5.74, 6) is 0.540. The maximum Gasteiger partial charge on any atom is 0.251 e. The summed E-state index contributed by atoms with van der Waals surface area (Å²) in [4.78, 5) is 13.6. The Morgan fingerprint density at radius 2 is 2.27 bits per heavy atom. The SMILES string of the molecule is COc1cc(C(=O)NCCCc2cccs2)cc2occc12. The molecule has 0 unspecified atom stereocenters. The normalized spacial score (nSPS) is 10.8. The summed E-state index contributed by atoms with van der Waals surface area (Å²) in [6.45, 7) is 0.648. The van der Waals surface area contributed by atoms with Gasteiger partial charge >= 0.3 is 0 Å². The lowest BCUT2D eigenvalue weighted by Gasteiger charge is -2.07. The highest BCUT2D eigenvalue weighted by molar-refractivity contribution is 7.09. The molecule has 0 saturated carbocycles. The number of thiophene rings is 1. The number of fused-ring (bicyclic) bond motifs is 1. The number of hydrogen-bond donors (Lipinski definition) is 1. The van der Waals surface area contributed by atoms with Gasteiger partial charge in [0.25, 0.3) is 5.91 Å². The highest BCUT2D eigenvalue weighted by atomic mass is 32.1. The molecule has 4 nitrogen and oxygen atoms in total. The maximum atomic E-state index is 12.2. The first-order valence-corrected chi connectivity index (χ1v) is 8.01. The second-order valence-corrected chi connectivity index (χ2v) is 5.98. The lowest BCUT2D eigenvalue weighted by molar-refractivity contribution is 0.0953. The van der Waals surface area contributed by atoms with Crippen molar-refractivity contribution < 1.29 is 13.9 Å². The van der Waals surface area contributed by atoms with Gasteiger partial charge in [0.05, 0.1) is 18.8 Å². The molecule has 0 saturated heterocycles. The van der Waals surface area contributed by atoms with E-state index in [1.54, 1.807) is 36.8 Å². The fourth-order valence-corrected chi connectivity index (χ4v) is 3.11. The molecule has 0 bridgehead atoms. The number of benzene rings is 1. The summed E-state index contributed by atoms with van der Waals surface area (Å²) >= 11 is 1.74. The van der Waals surface area contributed by atoms with E-state index in [0.717, 1.165) is 18.2 Å². The lowest BCUT2D eigenvalue weighted by atomic mass is 10.1. The van der Waals surface area contributed by atoms with E-state index in [0.29, 0.717) is 23.4 Å². The third-order valence-corrected chi connectivity index (χ3v) is 4.42. The average Bonchev–Trinajstić information content (AvgIpc) is 3.21. The second kappa shape index (κ2) is 6.66. The molecule has 3 rings (SSSR count). The molecule has 1 N–H and O–H groups in total. The largest absolute Gasteiger partial charge is 0.496 e. The molecule has 5 heteroatoms. The molecule has 0 atom stereocenters. The van der Waals surface area contributed by atoms with Crippen LogP contribution in [0.2, 0.25) is 0 Å². The molecule has 1 aromatic carbocycles. The van der Waals surface area contributed by atoms with Gasteiger partial charge in [-0.15, -0.1) is 11.3 Å². The molecule has 0 aliphatic carbocycles. The van der Waals surface area contributed by atoms with Crippen LogP contribution in [0.5, 0.6) is 5.75 Å². The van der Waals surface area contributed by atoms with Crippen molar-refractivity contribution in [2.75, 3.05) is 13.7 Å². The Labute approximate surface area is 132 Å². The molecule has 0 radical (unpaired) electrons. The molecule has 3 aromatic rings. The number of rotatable bonds is 6. The van der Waals surface area contributed by atoms with Crippen molar-refractivity contribution in [3.63, 3.8) is 0 Å². The predicted octanol–water partition coefficient (Wildman–Crippen LogP) is 3.87. The molecule has 0 aliphatic heterocycles. The number of carbonyl (C=O) groups excluding carboxylic acids is 1. The van der Waals surface area contributed by atoms with Gasteiger partial charge in [0.2, 0.25) is 0 Å². The van der Waals surface area contributed by atoms with Gasteiger partial charge in [0.1, 0.15) is 11.3 Å². The lowest BCUT2D eigenvalue weighted by Crippen LogP contribution is -2.24. The standard InChI is InChI=1S/C17H17NO3S/c1-20-15-10-12(11-16-14(15)6-8-21-16)17(19)18-7-2-4-13-5-3-9-22-13/h3,5-6,8-11H,2,4,7H2,1H3,(H,18,19). The van der Waals surface area contributed by atoms with Crippen molar-refractivity contribution >= 4 is 28.2 Å². The topological polar surface area (TPSA) is 51.5 Å². The summed E-state index contributed by atoms with van der Waals surface area (Å²) in [7, 11) is 1.59. The van der Waals surface area contributed by atoms with Gasteiger partial charge in [-0.2, -0.15) is 0 Å². The minimum absolute atomic E-state index is 0.109. The summed E-state index contributed by atoms with van der Waals surface area (Å²) in [5.41, 5.74) is 1.21. The quantitative estimate of drug-likeness (QED) is 0.703. The van der Waals surface area contributed by atoms with Crippen LogP contribution in [0, 0.1) is 0 Å². The van der Waals surface area contributed by atoms with E-state index in [1.807, 2.05) is 12.1 Å². The Hall–Kier alpha value is -2.27. The van der Waals surface area contributed by atoms with Crippen molar-refractivity contribution in [2.45, 2.75) is 12.8 Å². The van der Waals surface area contributed by atoms with Crippen molar-refractivity contribution in [3.8, 4) is 5.75 Å². The first-order valence-electron chi connectivity index (χ1n) is 7.14. The Balaban J connectivity index is 1.62. The first kappa shape index (κ1) is 14.7. The number of aryl methyl sites for hydroxylation is 1. The Kier molecular flexibility index (Phi) is 4.44. The summed E-state index contributed by atoms with van der Waals surface area (Å²) in [6.07, 6.45) is 3.50. The predicted molar refractivity (Wildman–Crippen MR) is 87.7 cm³/mol. The number of methoxy groups -OCH3 is 1. The van der Waals surface area contributed by atoms with Crippen LogP contribution >= 0.6 is 11.3 Å². The number of ether oxygens (including phenoxy) is 1. The van der Waals surface area contributed by atoms with E-state index in [4.69, 9.17) is 9.15 Å². The molecular weight excluding hydrogens is 298 g/mol. The van der Waals surface area contributed by atoms with Crippen molar-refractivity contribution in [3.05, 3.63) is 52.4 Å². The second-order valence-electron chi connectivity index (χ2n) is 4.95. The molecule has 0 spiro atoms. The number of nitrogens with one attached hydrogen (secondary N) is 1. The van der Waals surface area contributed by atoms with Crippen LogP contribution in [0.4, 0.5) is 0 Å². The zero-order chi connectivity index (χ0) is 15.4. The maximum absolute atomic E-state index is 12.2. The van der Waals surface area contributed by atoms with Crippen molar-refractivity contribution in [1.29, 1.82) is 0 Å². The molecule has 0 aliphatic rings. The molecule has 0 fully saturated rings. The monoisotopic (exact) mass is 315 g/mol. The smallest absolute Gasteiger partial charge is 0.251 e. The minimum atomic E-state index is -0.109. The third kappa shape index (κ3) is 3.14. The van der Waals surface area contributed by atoms with Gasteiger partial charge in [-0.1, -0.05) is 6.07 Å². The summed E-state index contributed by atoms with van der Waals surface area (Å²) in [6, 6.07) is 9.47. The fraction of sp³-hybridized carbons (Fsp3) is 0.235. The van der Waals surface area contributed by atoms with Crippen molar-refractivity contribution in [1.82, 2.24) is 5.32 Å². The van der Waals surface area contributed by atoms with Crippen molar-refractivity contribution in [2.24, 2.45) is 0 Å². The molecule has 1 amide bonds.